The second kappa shape index (κ2) is 7.26. The quantitative estimate of drug-likeness (QED) is 0.731. The average Bonchev–Trinajstić information content (AvgIpc) is 2.90. The molecule has 1 atom stereocenters. The second-order valence-electron chi connectivity index (χ2n) is 5.18. The molecular weight excluding hydrogens is 238 g/mol. The molecule has 0 bridgehead atoms. The van der Waals surface area contributed by atoms with Gasteiger partial charge in [-0.25, -0.2) is 0 Å². The van der Waals surface area contributed by atoms with E-state index < -0.39 is 0 Å². The van der Waals surface area contributed by atoms with Crippen molar-refractivity contribution in [2.24, 2.45) is 5.92 Å². The zero-order valence-electron chi connectivity index (χ0n) is 11.5. The van der Waals surface area contributed by atoms with Crippen molar-refractivity contribution in [2.45, 2.75) is 25.8 Å². The Morgan fingerprint density at radius 1 is 1.47 bits per heavy atom. The van der Waals surface area contributed by atoms with Gasteiger partial charge in [0.15, 0.2) is 0 Å². The second-order valence-corrected chi connectivity index (χ2v) is 5.18. The molecule has 0 saturated carbocycles. The lowest BCUT2D eigenvalue weighted by Gasteiger charge is -2.09. The molecule has 1 amide bonds. The van der Waals surface area contributed by atoms with Crippen LogP contribution in [0.2, 0.25) is 0 Å². The molecule has 0 aliphatic carbocycles. The fraction of sp³-hybridized carbons (Fsp3) is 0.533. The van der Waals surface area contributed by atoms with Gasteiger partial charge in [0, 0.05) is 18.7 Å². The van der Waals surface area contributed by atoms with Crippen molar-refractivity contribution in [1.29, 1.82) is 0 Å². The van der Waals surface area contributed by atoms with Gasteiger partial charge in [-0.1, -0.05) is 12.1 Å². The topological polar surface area (TPSA) is 53.2 Å². The Labute approximate surface area is 115 Å². The highest BCUT2D eigenvalue weighted by Crippen LogP contribution is 2.16. The van der Waals surface area contributed by atoms with Crippen molar-refractivity contribution in [2.75, 3.05) is 25.5 Å². The highest BCUT2D eigenvalue weighted by Gasteiger charge is 2.15. The molecule has 0 spiro atoms. The highest BCUT2D eigenvalue weighted by molar-refractivity contribution is 5.90. The zero-order valence-corrected chi connectivity index (χ0v) is 11.5. The largest absolute Gasteiger partial charge is 0.326 e. The van der Waals surface area contributed by atoms with Crippen LogP contribution in [-0.4, -0.2) is 26.0 Å². The number of amides is 1. The van der Waals surface area contributed by atoms with Gasteiger partial charge in [0.2, 0.25) is 5.91 Å². The molecule has 3 N–H and O–H groups in total. The zero-order chi connectivity index (χ0) is 13.5. The van der Waals surface area contributed by atoms with Crippen molar-refractivity contribution in [1.82, 2.24) is 10.6 Å². The average molecular weight is 261 g/mol. The molecule has 104 valence electrons. The van der Waals surface area contributed by atoms with Crippen molar-refractivity contribution >= 4 is 11.6 Å². The Hall–Kier alpha value is -1.39. The normalized spacial score (nSPS) is 18.5. The van der Waals surface area contributed by atoms with Gasteiger partial charge in [-0.2, -0.15) is 0 Å². The van der Waals surface area contributed by atoms with Crippen LogP contribution in [-0.2, 0) is 11.3 Å². The van der Waals surface area contributed by atoms with Gasteiger partial charge in [-0.15, -0.1) is 0 Å². The fourth-order valence-corrected chi connectivity index (χ4v) is 2.48. The molecule has 1 saturated heterocycles. The van der Waals surface area contributed by atoms with Crippen molar-refractivity contribution < 1.29 is 4.79 Å². The lowest BCUT2D eigenvalue weighted by Crippen LogP contribution is -2.15. The number of nitrogens with one attached hydrogen (secondary N) is 3. The van der Waals surface area contributed by atoms with Crippen LogP contribution in [0.4, 0.5) is 5.69 Å². The molecule has 2 rings (SSSR count). The Bertz CT molecular complexity index is 414. The van der Waals surface area contributed by atoms with Gasteiger partial charge in [0.05, 0.1) is 0 Å². The maximum atomic E-state index is 11.9. The van der Waals surface area contributed by atoms with E-state index in [-0.39, 0.29) is 5.91 Å². The molecule has 1 fully saturated rings. The first-order valence-corrected chi connectivity index (χ1v) is 7.02. The highest BCUT2D eigenvalue weighted by atomic mass is 16.1. The Morgan fingerprint density at radius 3 is 3.11 bits per heavy atom. The van der Waals surface area contributed by atoms with Crippen molar-refractivity contribution in [3.8, 4) is 0 Å². The third-order valence-corrected chi connectivity index (χ3v) is 3.53. The number of hydrogen-bond donors (Lipinski definition) is 3. The summed E-state index contributed by atoms with van der Waals surface area (Å²) in [4.78, 5) is 11.9. The van der Waals surface area contributed by atoms with Gasteiger partial charge in [0.25, 0.3) is 0 Å². The summed E-state index contributed by atoms with van der Waals surface area (Å²) in [5, 5.41) is 9.41. The molecule has 0 radical (unpaired) electrons. The van der Waals surface area contributed by atoms with E-state index in [1.54, 1.807) is 0 Å². The minimum absolute atomic E-state index is 0.119. The van der Waals surface area contributed by atoms with E-state index in [9.17, 15) is 4.79 Å². The molecule has 4 heteroatoms. The monoisotopic (exact) mass is 261 g/mol. The fourth-order valence-electron chi connectivity index (χ4n) is 2.48. The number of rotatable bonds is 6. The molecule has 1 aromatic rings. The molecule has 1 aliphatic rings. The van der Waals surface area contributed by atoms with Crippen LogP contribution in [0.25, 0.3) is 0 Å². The minimum Gasteiger partial charge on any atom is -0.326 e. The lowest BCUT2D eigenvalue weighted by molar-refractivity contribution is -0.116. The third-order valence-electron chi connectivity index (χ3n) is 3.53. The van der Waals surface area contributed by atoms with Crippen LogP contribution in [0.1, 0.15) is 24.8 Å². The summed E-state index contributed by atoms with van der Waals surface area (Å²) < 4.78 is 0. The molecule has 1 aromatic carbocycles. The summed E-state index contributed by atoms with van der Waals surface area (Å²) in [6.07, 6.45) is 2.79. The van der Waals surface area contributed by atoms with Crippen molar-refractivity contribution in [3.63, 3.8) is 0 Å². The summed E-state index contributed by atoms with van der Waals surface area (Å²) in [5.41, 5.74) is 2.07. The number of carbonyl (C=O) groups is 1. The van der Waals surface area contributed by atoms with Gasteiger partial charge < -0.3 is 16.0 Å². The Balaban J connectivity index is 1.79. The predicted molar refractivity (Wildman–Crippen MR) is 78.0 cm³/mol. The molecular formula is C15H23N3O. The smallest absolute Gasteiger partial charge is 0.224 e. The summed E-state index contributed by atoms with van der Waals surface area (Å²) in [5.74, 6) is 0.787. The Kier molecular flexibility index (Phi) is 5.36. The molecule has 1 unspecified atom stereocenters. The van der Waals surface area contributed by atoms with E-state index in [0.717, 1.165) is 31.7 Å². The standard InChI is InChI=1S/C15H23N3O/c1-16-10-13-3-2-4-14(9-13)18-15(19)6-5-12-7-8-17-11-12/h2-4,9,12,16-17H,5-8,10-11H2,1H3,(H,18,19). The predicted octanol–water partition coefficient (Wildman–Crippen LogP) is 1.73. The van der Waals surface area contributed by atoms with Gasteiger partial charge in [0.1, 0.15) is 0 Å². The maximum absolute atomic E-state index is 11.9. The number of hydrogen-bond acceptors (Lipinski definition) is 3. The summed E-state index contributed by atoms with van der Waals surface area (Å²) in [6.45, 7) is 2.97. The van der Waals surface area contributed by atoms with Crippen LogP contribution in [0.5, 0.6) is 0 Å². The summed E-state index contributed by atoms with van der Waals surface area (Å²) in [7, 11) is 1.92. The van der Waals surface area contributed by atoms with Gasteiger partial charge >= 0.3 is 0 Å². The molecule has 1 heterocycles. The number of benzene rings is 1. The van der Waals surface area contributed by atoms with E-state index >= 15 is 0 Å². The van der Waals surface area contributed by atoms with E-state index in [0.29, 0.717) is 12.3 Å². The first kappa shape index (κ1) is 14.0. The van der Waals surface area contributed by atoms with Crippen molar-refractivity contribution in [3.05, 3.63) is 29.8 Å². The van der Waals surface area contributed by atoms with E-state index in [1.165, 1.54) is 12.0 Å². The van der Waals surface area contributed by atoms with Crippen LogP contribution in [0.3, 0.4) is 0 Å². The molecule has 1 aliphatic heterocycles. The first-order valence-electron chi connectivity index (χ1n) is 7.02. The van der Waals surface area contributed by atoms with E-state index in [4.69, 9.17) is 0 Å². The first-order chi connectivity index (χ1) is 9.28. The van der Waals surface area contributed by atoms with Crippen LogP contribution in [0, 0.1) is 5.92 Å². The van der Waals surface area contributed by atoms with E-state index in [2.05, 4.69) is 22.0 Å². The number of anilines is 1. The van der Waals surface area contributed by atoms with Crippen LogP contribution < -0.4 is 16.0 Å². The van der Waals surface area contributed by atoms with Gasteiger partial charge in [-0.05, 0) is 56.6 Å². The molecule has 4 nitrogen and oxygen atoms in total. The molecule has 0 aromatic heterocycles. The van der Waals surface area contributed by atoms with Gasteiger partial charge in [-0.3, -0.25) is 4.79 Å². The van der Waals surface area contributed by atoms with E-state index in [1.807, 2.05) is 25.2 Å². The maximum Gasteiger partial charge on any atom is 0.224 e. The summed E-state index contributed by atoms with van der Waals surface area (Å²) in [6, 6.07) is 7.99. The lowest BCUT2D eigenvalue weighted by atomic mass is 10.0. The molecule has 19 heavy (non-hydrogen) atoms. The third kappa shape index (κ3) is 4.65. The number of carbonyl (C=O) groups excluding carboxylic acids is 1. The van der Waals surface area contributed by atoms with Crippen LogP contribution in [0.15, 0.2) is 24.3 Å². The Morgan fingerprint density at radius 2 is 2.37 bits per heavy atom. The SMILES string of the molecule is CNCc1cccc(NC(=O)CCC2CCNC2)c1. The van der Waals surface area contributed by atoms with Crippen LogP contribution >= 0.6 is 0 Å². The summed E-state index contributed by atoms with van der Waals surface area (Å²) >= 11 is 0. The minimum atomic E-state index is 0.119.